The van der Waals surface area contributed by atoms with Crippen LogP contribution in [0.4, 0.5) is 4.39 Å². The third-order valence-electron chi connectivity index (χ3n) is 3.12. The van der Waals surface area contributed by atoms with E-state index in [-0.39, 0.29) is 23.0 Å². The fourth-order valence-corrected chi connectivity index (χ4v) is 1.91. The molecule has 0 N–H and O–H groups in total. The molecule has 2 nitrogen and oxygen atoms in total. The summed E-state index contributed by atoms with van der Waals surface area (Å²) in [6.45, 7) is 3.27. The van der Waals surface area contributed by atoms with Gasteiger partial charge in [-0.25, -0.2) is 4.39 Å². The largest absolute Gasteiger partial charge is 0.294 e. The fourth-order valence-electron chi connectivity index (χ4n) is 1.91. The predicted molar refractivity (Wildman–Crippen MR) is 80.6 cm³/mol. The molecule has 0 spiro atoms. The third-order valence-corrected chi connectivity index (χ3v) is 3.12. The smallest absolute Gasteiger partial charge is 0.196 e. The summed E-state index contributed by atoms with van der Waals surface area (Å²) in [6, 6.07) is 12.7. The topological polar surface area (TPSA) is 34.1 Å². The molecule has 0 aliphatic heterocycles. The predicted octanol–water partition coefficient (Wildman–Crippen LogP) is 3.99. The van der Waals surface area contributed by atoms with Crippen LogP contribution in [0.1, 0.15) is 28.4 Å². The Morgan fingerprint density at radius 2 is 1.52 bits per heavy atom. The Balaban J connectivity index is 2.39. The number of carbonyl (C=O) groups excluding carboxylic acids is 2. The molecule has 3 heteroatoms. The molecule has 2 aromatic rings. The quantitative estimate of drug-likeness (QED) is 0.368. The molecular weight excluding hydrogens is 267 g/mol. The number of rotatable bonds is 4. The van der Waals surface area contributed by atoms with Gasteiger partial charge < -0.3 is 0 Å². The molecule has 0 saturated carbocycles. The van der Waals surface area contributed by atoms with Gasteiger partial charge in [-0.05, 0) is 37.6 Å². The first-order valence-electron chi connectivity index (χ1n) is 6.57. The van der Waals surface area contributed by atoms with E-state index in [1.165, 1.54) is 37.3 Å². The first-order chi connectivity index (χ1) is 9.97. The van der Waals surface area contributed by atoms with Crippen LogP contribution in [0.2, 0.25) is 0 Å². The van der Waals surface area contributed by atoms with Crippen LogP contribution in [-0.2, 0) is 4.79 Å². The summed E-state index contributed by atoms with van der Waals surface area (Å²) in [6.07, 6.45) is 1.49. The maximum atomic E-state index is 12.9. The minimum Gasteiger partial charge on any atom is -0.294 e. The molecule has 0 radical (unpaired) electrons. The number of aryl methyl sites for hydroxylation is 1. The average molecular weight is 282 g/mol. The molecule has 106 valence electrons. The van der Waals surface area contributed by atoms with Crippen molar-refractivity contribution in [3.8, 4) is 0 Å². The van der Waals surface area contributed by atoms with Crippen molar-refractivity contribution in [2.75, 3.05) is 0 Å². The molecule has 0 amide bonds. The summed E-state index contributed by atoms with van der Waals surface area (Å²) in [5.41, 5.74) is 2.20. The second-order valence-electron chi connectivity index (χ2n) is 4.86. The molecule has 0 heterocycles. The lowest BCUT2D eigenvalue weighted by atomic mass is 9.97. The monoisotopic (exact) mass is 282 g/mol. The van der Waals surface area contributed by atoms with Gasteiger partial charge in [0.1, 0.15) is 5.82 Å². The second kappa shape index (κ2) is 6.27. The molecule has 0 saturated heterocycles. The van der Waals surface area contributed by atoms with Gasteiger partial charge in [-0.15, -0.1) is 0 Å². The molecule has 2 rings (SSSR count). The van der Waals surface area contributed by atoms with Gasteiger partial charge in [-0.2, -0.15) is 0 Å². The highest BCUT2D eigenvalue weighted by Crippen LogP contribution is 2.15. The van der Waals surface area contributed by atoms with E-state index in [1.54, 1.807) is 12.1 Å². The number of hydrogen-bond donors (Lipinski definition) is 0. The number of halogens is 1. The Bertz CT molecular complexity index is 695. The van der Waals surface area contributed by atoms with E-state index >= 15 is 0 Å². The van der Waals surface area contributed by atoms with Crippen molar-refractivity contribution in [2.24, 2.45) is 0 Å². The number of ketones is 2. The zero-order valence-corrected chi connectivity index (χ0v) is 11.9. The van der Waals surface area contributed by atoms with Gasteiger partial charge >= 0.3 is 0 Å². The van der Waals surface area contributed by atoms with Gasteiger partial charge in [-0.3, -0.25) is 9.59 Å². The number of benzene rings is 2. The zero-order valence-electron chi connectivity index (χ0n) is 11.9. The van der Waals surface area contributed by atoms with Crippen LogP contribution in [0.5, 0.6) is 0 Å². The van der Waals surface area contributed by atoms with Crippen molar-refractivity contribution in [1.82, 2.24) is 0 Å². The maximum absolute atomic E-state index is 12.9. The summed E-state index contributed by atoms with van der Waals surface area (Å²) >= 11 is 0. The van der Waals surface area contributed by atoms with E-state index < -0.39 is 0 Å². The van der Waals surface area contributed by atoms with E-state index in [9.17, 15) is 14.0 Å². The Labute approximate surface area is 122 Å². The Morgan fingerprint density at radius 1 is 0.952 bits per heavy atom. The summed E-state index contributed by atoms with van der Waals surface area (Å²) in [5.74, 6) is -1.00. The first-order valence-corrected chi connectivity index (χ1v) is 6.57. The highest BCUT2D eigenvalue weighted by atomic mass is 19.1. The van der Waals surface area contributed by atoms with Crippen LogP contribution >= 0.6 is 0 Å². The van der Waals surface area contributed by atoms with Gasteiger partial charge in [0.25, 0.3) is 0 Å². The maximum Gasteiger partial charge on any atom is 0.196 e. The third kappa shape index (κ3) is 3.72. The Kier molecular flexibility index (Phi) is 4.43. The second-order valence-corrected chi connectivity index (χ2v) is 4.86. The summed E-state index contributed by atoms with van der Waals surface area (Å²) < 4.78 is 12.9. The summed E-state index contributed by atoms with van der Waals surface area (Å²) in [5, 5.41) is 0. The molecular formula is C18H15FO2. The van der Waals surface area contributed by atoms with E-state index in [4.69, 9.17) is 0 Å². The van der Waals surface area contributed by atoms with Crippen LogP contribution in [0.15, 0.2) is 54.1 Å². The van der Waals surface area contributed by atoms with Crippen LogP contribution in [-0.4, -0.2) is 11.6 Å². The molecule has 0 aliphatic carbocycles. The highest BCUT2D eigenvalue weighted by Gasteiger charge is 2.16. The van der Waals surface area contributed by atoms with Crippen molar-refractivity contribution in [2.45, 2.75) is 13.8 Å². The highest BCUT2D eigenvalue weighted by molar-refractivity contribution is 6.28. The molecule has 0 bridgehead atoms. The van der Waals surface area contributed by atoms with Gasteiger partial charge in [0.15, 0.2) is 11.6 Å². The normalized spacial score (nSPS) is 11.3. The lowest BCUT2D eigenvalue weighted by Crippen LogP contribution is -2.10. The Hall–Kier alpha value is -2.55. The lowest BCUT2D eigenvalue weighted by molar-refractivity contribution is -0.113. The summed E-state index contributed by atoms with van der Waals surface area (Å²) in [4.78, 5) is 24.1. The molecule has 0 atom stereocenters. The molecule has 2 aromatic carbocycles. The van der Waals surface area contributed by atoms with Crippen molar-refractivity contribution in [3.63, 3.8) is 0 Å². The Morgan fingerprint density at radius 3 is 2.05 bits per heavy atom. The molecule has 21 heavy (non-hydrogen) atoms. The lowest BCUT2D eigenvalue weighted by Gasteiger charge is -2.04. The molecule has 0 unspecified atom stereocenters. The van der Waals surface area contributed by atoms with Crippen molar-refractivity contribution in [1.29, 1.82) is 0 Å². The van der Waals surface area contributed by atoms with Crippen molar-refractivity contribution in [3.05, 3.63) is 76.6 Å². The SMILES string of the molecule is CC(=O)C(=Cc1ccc(F)cc1)C(=O)c1ccc(C)cc1. The number of carbonyl (C=O) groups is 2. The van der Waals surface area contributed by atoms with Gasteiger partial charge in [0, 0.05) is 5.56 Å². The average Bonchev–Trinajstić information content (AvgIpc) is 2.46. The van der Waals surface area contributed by atoms with Crippen LogP contribution in [0, 0.1) is 12.7 Å². The van der Waals surface area contributed by atoms with Crippen molar-refractivity contribution >= 4 is 17.6 Å². The standard InChI is InChI=1S/C18H15FO2/c1-12-3-7-15(8-4-12)18(21)17(13(2)20)11-14-5-9-16(19)10-6-14/h3-11H,1-2H3. The number of allylic oxidation sites excluding steroid dienone is 1. The van der Waals surface area contributed by atoms with E-state index in [1.807, 2.05) is 19.1 Å². The van der Waals surface area contributed by atoms with Crippen molar-refractivity contribution < 1.29 is 14.0 Å². The van der Waals surface area contributed by atoms with Gasteiger partial charge in [0.05, 0.1) is 5.57 Å². The molecule has 0 aliphatic rings. The molecule has 0 fully saturated rings. The van der Waals surface area contributed by atoms with E-state index in [0.29, 0.717) is 11.1 Å². The van der Waals surface area contributed by atoms with Crippen LogP contribution in [0.25, 0.3) is 6.08 Å². The number of Topliss-reactive ketones (excluding diaryl/α,β-unsaturated/α-hetero) is 2. The first kappa shape index (κ1) is 14.9. The summed E-state index contributed by atoms with van der Waals surface area (Å²) in [7, 11) is 0. The van der Waals surface area contributed by atoms with Gasteiger partial charge in [-0.1, -0.05) is 42.0 Å². The zero-order chi connectivity index (χ0) is 15.4. The molecule has 0 aromatic heterocycles. The minimum atomic E-state index is -0.360. The minimum absolute atomic E-state index is 0.0884. The van der Waals surface area contributed by atoms with E-state index in [2.05, 4.69) is 0 Å². The van der Waals surface area contributed by atoms with Crippen LogP contribution < -0.4 is 0 Å². The van der Waals surface area contributed by atoms with E-state index in [0.717, 1.165) is 5.56 Å². The van der Waals surface area contributed by atoms with Crippen LogP contribution in [0.3, 0.4) is 0 Å². The fraction of sp³-hybridized carbons (Fsp3) is 0.111. The number of hydrogen-bond acceptors (Lipinski definition) is 2. The van der Waals surface area contributed by atoms with Gasteiger partial charge in [0.2, 0.25) is 0 Å².